The molecule has 17 heteroatoms. The fraction of sp³-hybridized carbons (Fsp3) is 0.289. The Morgan fingerprint density at radius 2 is 0.661 bits per heavy atom. The topological polar surface area (TPSA) is 235 Å². The molecule has 0 radical (unpaired) electrons. The first kappa shape index (κ1) is 48.6. The van der Waals surface area contributed by atoms with E-state index in [9.17, 15) is 38.4 Å². The third-order valence-corrected chi connectivity index (χ3v) is 9.24. The van der Waals surface area contributed by atoms with Gasteiger partial charge in [-0.2, -0.15) is 0 Å². The van der Waals surface area contributed by atoms with Gasteiger partial charge >= 0.3 is 0 Å². The van der Waals surface area contributed by atoms with E-state index in [1.54, 1.807) is 24.3 Å². The summed E-state index contributed by atoms with van der Waals surface area (Å²) in [5, 5.41) is 16.6. The zero-order valence-corrected chi connectivity index (χ0v) is 36.6. The second-order valence-electron chi connectivity index (χ2n) is 15.1. The van der Waals surface area contributed by atoms with Gasteiger partial charge in [-0.15, -0.1) is 23.2 Å². The van der Waals surface area contributed by atoms with Crippen molar-refractivity contribution in [1.82, 2.24) is 10.6 Å². The lowest BCUT2D eigenvalue weighted by atomic mass is 9.83. The number of hydrogen-bond acceptors (Lipinski definition) is 11. The Morgan fingerprint density at radius 1 is 0.435 bits per heavy atom. The average molecular weight is 887 g/mol. The summed E-state index contributed by atoms with van der Waals surface area (Å²) in [6.45, 7) is 11.9. The van der Waals surface area contributed by atoms with E-state index in [1.165, 1.54) is 48.5 Å². The molecule has 0 fully saturated rings. The molecular weight excluding hydrogens is 837 g/mol. The molecule has 0 spiro atoms. The molecule has 15 nitrogen and oxygen atoms in total. The van der Waals surface area contributed by atoms with Gasteiger partial charge in [0, 0.05) is 79.3 Å². The van der Waals surface area contributed by atoms with Gasteiger partial charge in [0.15, 0.2) is 23.1 Å². The van der Waals surface area contributed by atoms with Crippen molar-refractivity contribution in [3.8, 4) is 0 Å². The number of fused-ring (bicyclic) bond motifs is 4. The van der Waals surface area contributed by atoms with Crippen LogP contribution in [0.4, 0.5) is 22.7 Å². The number of benzene rings is 4. The molecule has 8 N–H and O–H groups in total. The van der Waals surface area contributed by atoms with Gasteiger partial charge in [0.05, 0.1) is 13.1 Å². The number of anilines is 4. The lowest BCUT2D eigenvalue weighted by Gasteiger charge is -2.19. The molecule has 4 amide bonds. The highest BCUT2D eigenvalue weighted by molar-refractivity contribution is 6.31. The molecule has 0 saturated heterocycles. The number of ketones is 4. The first-order chi connectivity index (χ1) is 29.3. The maximum Gasteiger partial charge on any atom is 0.239 e. The second kappa shape index (κ2) is 22.1. The van der Waals surface area contributed by atoms with Crippen molar-refractivity contribution in [2.45, 2.75) is 59.7 Å². The number of halogens is 2. The lowest BCUT2D eigenvalue weighted by molar-refractivity contribution is -0.116. The molecule has 0 saturated carbocycles. The predicted molar refractivity (Wildman–Crippen MR) is 241 cm³/mol. The van der Waals surface area contributed by atoms with Gasteiger partial charge in [-0.05, 0) is 78.8 Å². The Bertz CT molecular complexity index is 2260. The van der Waals surface area contributed by atoms with Crippen molar-refractivity contribution < 1.29 is 38.4 Å². The second-order valence-corrected chi connectivity index (χ2v) is 15.7. The Hall–Kier alpha value is -6.10. The number of carbonyl (C=O) groups excluding carboxylic acids is 8. The summed E-state index contributed by atoms with van der Waals surface area (Å²) in [6, 6.07) is 18.9. The van der Waals surface area contributed by atoms with Crippen molar-refractivity contribution in [2.24, 2.45) is 5.73 Å². The first-order valence-corrected chi connectivity index (χ1v) is 20.7. The van der Waals surface area contributed by atoms with E-state index in [2.05, 4.69) is 31.9 Å². The maximum absolute atomic E-state index is 13.2. The van der Waals surface area contributed by atoms with Gasteiger partial charge in [0.2, 0.25) is 23.6 Å². The molecule has 0 aliphatic heterocycles. The third kappa shape index (κ3) is 13.0. The van der Waals surface area contributed by atoms with Crippen LogP contribution in [0.1, 0.15) is 105 Å². The number of hydrogen-bond donors (Lipinski definition) is 7. The molecule has 0 unspecified atom stereocenters. The van der Waals surface area contributed by atoms with Crippen LogP contribution in [0.2, 0.25) is 0 Å². The van der Waals surface area contributed by atoms with E-state index in [0.29, 0.717) is 39.9 Å². The summed E-state index contributed by atoms with van der Waals surface area (Å²) in [7, 11) is 0. The van der Waals surface area contributed by atoms with E-state index in [-0.39, 0.29) is 105 Å². The molecule has 4 aromatic rings. The van der Waals surface area contributed by atoms with Crippen LogP contribution < -0.4 is 37.6 Å². The highest BCUT2D eigenvalue weighted by Gasteiger charge is 2.32. The maximum atomic E-state index is 13.2. The molecule has 326 valence electrons. The summed E-state index contributed by atoms with van der Waals surface area (Å²) < 4.78 is 0. The SMILES string of the molecule is CC(C)N.CC(C)NCC(=O)Nc1ccc2c(c1)C(=O)c1cc(NC(=O)CNC(C)C)ccc1C2=O.O=C(CCl)Nc1ccc2c(c1)C(=O)c1cc(NC(=O)CCl)ccc1C2=O. The minimum Gasteiger partial charge on any atom is -0.328 e. The average Bonchev–Trinajstić information content (AvgIpc) is 3.23. The van der Waals surface area contributed by atoms with Crippen molar-refractivity contribution in [2.75, 3.05) is 46.1 Å². The molecule has 2 aliphatic rings. The third-order valence-electron chi connectivity index (χ3n) is 8.75. The number of carbonyl (C=O) groups is 8. The Balaban J connectivity index is 0.000000255. The Labute approximate surface area is 369 Å². The summed E-state index contributed by atoms with van der Waals surface area (Å²) in [4.78, 5) is 98.6. The number of nitrogens with two attached hydrogens (primary N) is 1. The van der Waals surface area contributed by atoms with Crippen LogP contribution in [-0.4, -0.2) is 89.7 Å². The number of alkyl halides is 2. The normalized spacial score (nSPS) is 12.2. The fourth-order valence-electron chi connectivity index (χ4n) is 6.00. The highest BCUT2D eigenvalue weighted by Crippen LogP contribution is 2.32. The number of nitrogens with one attached hydrogen (secondary N) is 6. The summed E-state index contributed by atoms with van der Waals surface area (Å²) >= 11 is 10.9. The molecule has 0 aromatic heterocycles. The monoisotopic (exact) mass is 885 g/mol. The molecule has 0 atom stereocenters. The highest BCUT2D eigenvalue weighted by atomic mass is 35.5. The van der Waals surface area contributed by atoms with Crippen LogP contribution in [0.5, 0.6) is 0 Å². The van der Waals surface area contributed by atoms with Gasteiger partial charge in [0.1, 0.15) is 11.8 Å². The van der Waals surface area contributed by atoms with E-state index in [4.69, 9.17) is 28.9 Å². The number of rotatable bonds is 12. The quantitative estimate of drug-likeness (QED) is 0.0758. The van der Waals surface area contributed by atoms with E-state index in [1.807, 2.05) is 41.5 Å². The van der Waals surface area contributed by atoms with Crippen molar-refractivity contribution in [3.05, 3.63) is 117 Å². The van der Waals surface area contributed by atoms with Crippen LogP contribution in [0.3, 0.4) is 0 Å². The van der Waals surface area contributed by atoms with Gasteiger partial charge in [-0.25, -0.2) is 0 Å². The van der Waals surface area contributed by atoms with E-state index >= 15 is 0 Å². The van der Waals surface area contributed by atoms with E-state index in [0.717, 1.165) is 0 Å². The number of amides is 4. The van der Waals surface area contributed by atoms with E-state index < -0.39 is 11.8 Å². The molecule has 6 rings (SSSR count). The van der Waals surface area contributed by atoms with Gasteiger partial charge in [-0.3, -0.25) is 38.4 Å². The zero-order valence-electron chi connectivity index (χ0n) is 35.1. The zero-order chi connectivity index (χ0) is 45.8. The van der Waals surface area contributed by atoms with Crippen molar-refractivity contribution >= 4 is 92.7 Å². The van der Waals surface area contributed by atoms with Crippen molar-refractivity contribution in [1.29, 1.82) is 0 Å². The smallest absolute Gasteiger partial charge is 0.239 e. The van der Waals surface area contributed by atoms with Gasteiger partial charge in [0.25, 0.3) is 0 Å². The van der Waals surface area contributed by atoms with Gasteiger partial charge in [-0.1, -0.05) is 41.5 Å². The van der Waals surface area contributed by atoms with Crippen LogP contribution in [0.25, 0.3) is 0 Å². The predicted octanol–water partition coefficient (Wildman–Crippen LogP) is 5.51. The first-order valence-electron chi connectivity index (χ1n) is 19.6. The van der Waals surface area contributed by atoms with Crippen molar-refractivity contribution in [3.63, 3.8) is 0 Å². The van der Waals surface area contributed by atoms with Crippen LogP contribution in [-0.2, 0) is 19.2 Å². The molecular formula is C45H49Cl2N7O8. The molecule has 4 aromatic carbocycles. The summed E-state index contributed by atoms with van der Waals surface area (Å²) in [6.07, 6.45) is 0. The van der Waals surface area contributed by atoms with Crippen LogP contribution in [0.15, 0.2) is 72.8 Å². The summed E-state index contributed by atoms with van der Waals surface area (Å²) in [5.74, 6) is -3.07. The minimum atomic E-state index is -0.423. The van der Waals surface area contributed by atoms with Crippen LogP contribution in [0, 0.1) is 0 Å². The standard InChI is InChI=1S/C24H28N4O4.C18H12Cl2N2O4.C3H9N/c1-13(2)25-11-21(29)27-15-5-7-17-19(9-15)24(32)20-10-16(6-8-18(20)23(17)31)28-22(30)12-26-14(3)4;19-7-15(23)21-9-1-3-11-13(5-9)18(26)14-6-10(22-16(24)8-20)2-4-12(14)17(11)25;1-3(2)4/h5-10,13-14,25-26H,11-12H2,1-4H3,(H,27,29)(H,28,30);1-6H,7-8H2,(H,21,23)(H,22,24);3H,4H2,1-2H3. The Morgan fingerprint density at radius 3 is 0.887 bits per heavy atom. The molecule has 62 heavy (non-hydrogen) atoms. The van der Waals surface area contributed by atoms with Crippen LogP contribution >= 0.6 is 23.2 Å². The summed E-state index contributed by atoms with van der Waals surface area (Å²) in [5.41, 5.74) is 8.61. The van der Waals surface area contributed by atoms with Gasteiger partial charge < -0.3 is 37.6 Å². The minimum absolute atomic E-state index is 0.138. The molecule has 0 bridgehead atoms. The fourth-order valence-corrected chi connectivity index (χ4v) is 6.14. The lowest BCUT2D eigenvalue weighted by Crippen LogP contribution is -2.33. The molecule has 2 aliphatic carbocycles. The Kier molecular flexibility index (Phi) is 17.3. The molecule has 0 heterocycles. The largest absolute Gasteiger partial charge is 0.328 e.